The Bertz CT molecular complexity index is 1000. The number of nitrogens with zero attached hydrogens (tertiary/aromatic N) is 5. The van der Waals surface area contributed by atoms with Crippen molar-refractivity contribution in [1.29, 1.82) is 0 Å². The number of H-pyrrole nitrogens is 1. The van der Waals surface area contributed by atoms with E-state index in [1.807, 2.05) is 37.3 Å². The highest BCUT2D eigenvalue weighted by Gasteiger charge is 2.23. The van der Waals surface area contributed by atoms with Gasteiger partial charge >= 0.3 is 0 Å². The number of nitrogens with one attached hydrogen (secondary N) is 1. The molecule has 1 aliphatic heterocycles. The van der Waals surface area contributed by atoms with Crippen LogP contribution >= 0.6 is 23.8 Å². The van der Waals surface area contributed by atoms with Gasteiger partial charge < -0.3 is 4.74 Å². The molecule has 26 heavy (non-hydrogen) atoms. The second-order valence-corrected chi connectivity index (χ2v) is 6.73. The van der Waals surface area contributed by atoms with Crippen LogP contribution in [-0.2, 0) is 4.74 Å². The van der Waals surface area contributed by atoms with Crippen LogP contribution in [-0.4, -0.2) is 37.5 Å². The van der Waals surface area contributed by atoms with E-state index in [0.717, 1.165) is 36.4 Å². The maximum Gasteiger partial charge on any atom is 0.216 e. The zero-order chi connectivity index (χ0) is 18.1. The van der Waals surface area contributed by atoms with E-state index >= 15 is 0 Å². The molecule has 3 heterocycles. The van der Waals surface area contributed by atoms with Crippen LogP contribution in [0.1, 0.15) is 36.0 Å². The lowest BCUT2D eigenvalue weighted by Gasteiger charge is -2.07. The number of hydrogen-bond acceptors (Lipinski definition) is 5. The van der Waals surface area contributed by atoms with Gasteiger partial charge in [0.2, 0.25) is 4.77 Å². The molecule has 1 atom stereocenters. The van der Waals surface area contributed by atoms with Gasteiger partial charge in [-0.3, -0.25) is 5.10 Å². The minimum absolute atomic E-state index is 0.0938. The van der Waals surface area contributed by atoms with E-state index in [-0.39, 0.29) is 6.10 Å². The Morgan fingerprint density at radius 3 is 2.92 bits per heavy atom. The normalized spacial score (nSPS) is 17.4. The van der Waals surface area contributed by atoms with Crippen molar-refractivity contribution in [3.8, 4) is 5.69 Å². The Kier molecular flexibility index (Phi) is 4.71. The molecule has 1 fully saturated rings. The Hall–Kier alpha value is -2.29. The third-order valence-corrected chi connectivity index (χ3v) is 4.87. The van der Waals surface area contributed by atoms with Crippen LogP contribution in [0.4, 0.5) is 0 Å². The van der Waals surface area contributed by atoms with Gasteiger partial charge in [0, 0.05) is 6.61 Å². The second-order valence-electron chi connectivity index (χ2n) is 5.98. The number of para-hydroxylation sites is 1. The molecule has 9 heteroatoms. The number of aromatic nitrogens is 5. The van der Waals surface area contributed by atoms with Crippen LogP contribution in [0.25, 0.3) is 5.69 Å². The Morgan fingerprint density at radius 1 is 1.38 bits per heavy atom. The minimum Gasteiger partial charge on any atom is -0.370 e. The molecule has 134 valence electrons. The van der Waals surface area contributed by atoms with E-state index in [1.54, 1.807) is 15.6 Å². The summed E-state index contributed by atoms with van der Waals surface area (Å²) in [5, 5.41) is 16.5. The van der Waals surface area contributed by atoms with E-state index < -0.39 is 0 Å². The standard InChI is InChI=1S/C17H17ClN6OS/c1-11-13(15(18)23(22-11)12-6-3-2-4-7-12)10-19-24-16(20-21-17(24)26)14-8-5-9-25-14/h2-4,6-7,10,14H,5,8-9H2,1H3,(H,21,26)/t14-/m0/s1. The molecule has 0 radical (unpaired) electrons. The van der Waals surface area contributed by atoms with E-state index in [2.05, 4.69) is 20.4 Å². The molecule has 2 aromatic heterocycles. The van der Waals surface area contributed by atoms with Crippen molar-refractivity contribution in [2.45, 2.75) is 25.9 Å². The predicted octanol–water partition coefficient (Wildman–Crippen LogP) is 3.82. The quantitative estimate of drug-likeness (QED) is 0.544. The van der Waals surface area contributed by atoms with Crippen LogP contribution in [0, 0.1) is 11.7 Å². The summed E-state index contributed by atoms with van der Waals surface area (Å²) < 4.78 is 9.37. The zero-order valence-electron chi connectivity index (χ0n) is 14.1. The van der Waals surface area contributed by atoms with Gasteiger partial charge in [-0.15, -0.1) is 0 Å². The summed E-state index contributed by atoms with van der Waals surface area (Å²) in [5.74, 6) is 0.674. The smallest absolute Gasteiger partial charge is 0.216 e. The largest absolute Gasteiger partial charge is 0.370 e. The van der Waals surface area contributed by atoms with Gasteiger partial charge in [-0.2, -0.15) is 20.0 Å². The molecular weight excluding hydrogens is 372 g/mol. The van der Waals surface area contributed by atoms with Gasteiger partial charge in [-0.1, -0.05) is 29.8 Å². The number of benzene rings is 1. The number of ether oxygens (including phenoxy) is 1. The second kappa shape index (κ2) is 7.14. The molecule has 1 saturated heterocycles. The predicted molar refractivity (Wildman–Crippen MR) is 102 cm³/mol. The molecule has 0 bridgehead atoms. The van der Waals surface area contributed by atoms with Gasteiger partial charge in [0.05, 0.1) is 23.2 Å². The molecule has 0 amide bonds. The molecule has 7 nitrogen and oxygen atoms in total. The number of halogens is 1. The van der Waals surface area contributed by atoms with E-state index in [1.165, 1.54) is 0 Å². The van der Waals surface area contributed by atoms with Gasteiger partial charge in [-0.25, -0.2) is 4.68 Å². The SMILES string of the molecule is Cc1nn(-c2ccccc2)c(Cl)c1C=Nn1c([C@@H]2CCCO2)n[nH]c1=S. The fraction of sp³-hybridized carbons (Fsp3) is 0.294. The van der Waals surface area contributed by atoms with Gasteiger partial charge in [-0.05, 0) is 44.1 Å². The molecule has 0 aliphatic carbocycles. The van der Waals surface area contributed by atoms with Crippen molar-refractivity contribution in [2.24, 2.45) is 5.10 Å². The maximum absolute atomic E-state index is 6.54. The monoisotopic (exact) mass is 388 g/mol. The first-order valence-electron chi connectivity index (χ1n) is 8.29. The molecule has 3 aromatic rings. The van der Waals surface area contributed by atoms with Crippen LogP contribution in [0.2, 0.25) is 5.15 Å². The topological polar surface area (TPSA) is 73.0 Å². The number of aromatic amines is 1. The highest BCUT2D eigenvalue weighted by atomic mass is 35.5. The van der Waals surface area contributed by atoms with E-state index in [0.29, 0.717) is 15.7 Å². The molecule has 4 rings (SSSR count). The Balaban J connectivity index is 1.69. The van der Waals surface area contributed by atoms with E-state index in [4.69, 9.17) is 28.6 Å². The molecule has 1 aromatic carbocycles. The van der Waals surface area contributed by atoms with Crippen molar-refractivity contribution in [1.82, 2.24) is 24.7 Å². The molecule has 1 N–H and O–H groups in total. The van der Waals surface area contributed by atoms with Crippen molar-refractivity contribution in [2.75, 3.05) is 6.61 Å². The third-order valence-electron chi connectivity index (χ3n) is 4.24. The van der Waals surface area contributed by atoms with Crippen LogP contribution in [0.15, 0.2) is 35.4 Å². The van der Waals surface area contributed by atoms with Crippen molar-refractivity contribution in [3.05, 3.63) is 57.3 Å². The molecule has 0 unspecified atom stereocenters. The summed E-state index contributed by atoms with van der Waals surface area (Å²) in [6.07, 6.45) is 3.47. The molecule has 0 saturated carbocycles. The van der Waals surface area contributed by atoms with Crippen molar-refractivity contribution in [3.63, 3.8) is 0 Å². The first-order chi connectivity index (χ1) is 12.6. The molecular formula is C17H17ClN6OS. The van der Waals surface area contributed by atoms with Crippen LogP contribution in [0.3, 0.4) is 0 Å². The molecule has 0 spiro atoms. The summed E-state index contributed by atoms with van der Waals surface area (Å²) in [6.45, 7) is 2.62. The first-order valence-corrected chi connectivity index (χ1v) is 9.07. The lowest BCUT2D eigenvalue weighted by Crippen LogP contribution is -2.05. The summed E-state index contributed by atoms with van der Waals surface area (Å²) in [5.41, 5.74) is 2.40. The summed E-state index contributed by atoms with van der Waals surface area (Å²) >= 11 is 11.8. The average molecular weight is 389 g/mol. The van der Waals surface area contributed by atoms with Crippen molar-refractivity contribution >= 4 is 30.0 Å². The Morgan fingerprint density at radius 2 is 2.19 bits per heavy atom. The summed E-state index contributed by atoms with van der Waals surface area (Å²) in [7, 11) is 0. The Labute approximate surface area is 160 Å². The highest BCUT2D eigenvalue weighted by Crippen LogP contribution is 2.27. The van der Waals surface area contributed by atoms with Crippen LogP contribution < -0.4 is 0 Å². The number of rotatable bonds is 4. The summed E-state index contributed by atoms with van der Waals surface area (Å²) in [4.78, 5) is 0. The van der Waals surface area contributed by atoms with E-state index in [9.17, 15) is 0 Å². The maximum atomic E-state index is 6.54. The van der Waals surface area contributed by atoms with Gasteiger partial charge in [0.25, 0.3) is 0 Å². The average Bonchev–Trinajstić information content (AvgIpc) is 3.36. The third kappa shape index (κ3) is 3.11. The lowest BCUT2D eigenvalue weighted by atomic mass is 10.2. The van der Waals surface area contributed by atoms with Crippen LogP contribution in [0.5, 0.6) is 0 Å². The van der Waals surface area contributed by atoms with Gasteiger partial charge in [0.15, 0.2) is 5.82 Å². The fourth-order valence-electron chi connectivity index (χ4n) is 2.92. The van der Waals surface area contributed by atoms with Gasteiger partial charge in [0.1, 0.15) is 11.3 Å². The first kappa shape index (κ1) is 17.1. The highest BCUT2D eigenvalue weighted by molar-refractivity contribution is 7.71. The number of aryl methyl sites for hydroxylation is 1. The van der Waals surface area contributed by atoms with Crippen molar-refractivity contribution < 1.29 is 4.74 Å². The lowest BCUT2D eigenvalue weighted by molar-refractivity contribution is 0.102. The minimum atomic E-state index is -0.0938. The zero-order valence-corrected chi connectivity index (χ0v) is 15.7. The summed E-state index contributed by atoms with van der Waals surface area (Å²) in [6, 6.07) is 9.72. The number of hydrogen-bond donors (Lipinski definition) is 1. The molecule has 1 aliphatic rings. The fourth-order valence-corrected chi connectivity index (χ4v) is 3.43.